The lowest BCUT2D eigenvalue weighted by Gasteiger charge is -2.08. The highest BCUT2D eigenvalue weighted by Crippen LogP contribution is 2.55. The number of halogens is 2. The maximum absolute atomic E-state index is 6.10. The molecule has 0 bridgehead atoms. The minimum Gasteiger partial charge on any atom is -0.233 e. The fourth-order valence-corrected chi connectivity index (χ4v) is 4.29. The van der Waals surface area contributed by atoms with Gasteiger partial charge in [-0.1, -0.05) is 18.2 Å². The first-order valence-corrected chi connectivity index (χ1v) is 8.65. The fraction of sp³-hybridized carbons (Fsp3) is 0.467. The Morgan fingerprint density at radius 1 is 1.20 bits per heavy atom. The molecule has 0 aliphatic heterocycles. The summed E-state index contributed by atoms with van der Waals surface area (Å²) in [4.78, 5) is 9.47. The van der Waals surface area contributed by atoms with Gasteiger partial charge in [-0.15, -0.1) is 35.0 Å². The number of hydrogen-bond acceptors (Lipinski definition) is 3. The van der Waals surface area contributed by atoms with Crippen molar-refractivity contribution in [2.45, 2.75) is 34.5 Å². The Bertz CT molecular complexity index is 670. The van der Waals surface area contributed by atoms with Crippen molar-refractivity contribution in [3.63, 3.8) is 0 Å². The van der Waals surface area contributed by atoms with Crippen molar-refractivity contribution in [3.8, 4) is 0 Å². The second-order valence-electron chi connectivity index (χ2n) is 5.65. The van der Waals surface area contributed by atoms with Crippen molar-refractivity contribution in [1.29, 1.82) is 0 Å². The van der Waals surface area contributed by atoms with Gasteiger partial charge in [0.25, 0.3) is 0 Å². The maximum Gasteiger partial charge on any atom is 0.133 e. The zero-order chi connectivity index (χ0) is 13.7. The van der Waals surface area contributed by atoms with E-state index in [1.54, 1.807) is 11.8 Å². The van der Waals surface area contributed by atoms with Crippen LogP contribution in [-0.4, -0.2) is 20.1 Å². The van der Waals surface area contributed by atoms with Crippen LogP contribution in [0.15, 0.2) is 29.3 Å². The molecular formula is C15H14Cl2N2S. The second-order valence-corrected chi connectivity index (χ2v) is 8.20. The van der Waals surface area contributed by atoms with E-state index < -0.39 is 4.33 Å². The van der Waals surface area contributed by atoms with Gasteiger partial charge in [0.05, 0.1) is 5.52 Å². The van der Waals surface area contributed by atoms with Gasteiger partial charge in [0.1, 0.15) is 15.2 Å². The van der Waals surface area contributed by atoms with Gasteiger partial charge in [-0.3, -0.25) is 0 Å². The standard InChI is InChI=1S/C15H14Cl2N2S/c16-15(17)7-10(15)8-20-14-11-3-1-2-4-12(11)18-13(19-14)9-5-6-9/h1-4,9-10H,5-8H2/t10-/m1/s1. The highest BCUT2D eigenvalue weighted by atomic mass is 35.5. The van der Waals surface area contributed by atoms with Crippen LogP contribution < -0.4 is 0 Å². The third kappa shape index (κ3) is 2.51. The smallest absolute Gasteiger partial charge is 0.133 e. The zero-order valence-corrected chi connectivity index (χ0v) is 13.2. The minimum absolute atomic E-state index is 0.383. The molecule has 2 aliphatic carbocycles. The topological polar surface area (TPSA) is 25.8 Å². The molecule has 2 nitrogen and oxygen atoms in total. The molecule has 1 aromatic heterocycles. The summed E-state index contributed by atoms with van der Waals surface area (Å²) in [5, 5.41) is 2.21. The molecule has 5 heteroatoms. The highest BCUT2D eigenvalue weighted by molar-refractivity contribution is 7.99. The quantitative estimate of drug-likeness (QED) is 0.459. The van der Waals surface area contributed by atoms with Gasteiger partial charge in [0.15, 0.2) is 0 Å². The molecule has 2 aromatic rings. The molecule has 1 heterocycles. The molecule has 104 valence electrons. The molecule has 1 atom stereocenters. The highest BCUT2D eigenvalue weighted by Gasteiger charge is 2.51. The third-order valence-corrected chi connectivity index (χ3v) is 5.98. The summed E-state index contributed by atoms with van der Waals surface area (Å²) in [5.74, 6) is 2.89. The zero-order valence-electron chi connectivity index (χ0n) is 10.9. The van der Waals surface area contributed by atoms with E-state index in [4.69, 9.17) is 33.2 Å². The number of alkyl halides is 2. The number of thioether (sulfide) groups is 1. The average Bonchev–Trinajstić information content (AvgIpc) is 3.33. The predicted molar refractivity (Wildman–Crippen MR) is 84.8 cm³/mol. The molecule has 4 rings (SSSR count). The number of rotatable bonds is 4. The summed E-state index contributed by atoms with van der Waals surface area (Å²) >= 11 is 14.0. The van der Waals surface area contributed by atoms with Crippen molar-refractivity contribution in [1.82, 2.24) is 9.97 Å². The molecule has 2 fully saturated rings. The number of aromatic nitrogens is 2. The van der Waals surface area contributed by atoms with Gasteiger partial charge in [-0.2, -0.15) is 0 Å². The lowest BCUT2D eigenvalue weighted by Crippen LogP contribution is -1.98. The summed E-state index contributed by atoms with van der Waals surface area (Å²) in [6.07, 6.45) is 3.33. The molecular weight excluding hydrogens is 311 g/mol. The number of nitrogens with zero attached hydrogens (tertiary/aromatic N) is 2. The van der Waals surface area contributed by atoms with E-state index in [1.807, 2.05) is 12.1 Å². The van der Waals surface area contributed by atoms with Crippen LogP contribution in [0.3, 0.4) is 0 Å². The van der Waals surface area contributed by atoms with Gasteiger partial charge in [0, 0.05) is 23.0 Å². The van der Waals surface area contributed by atoms with Crippen LogP contribution in [-0.2, 0) is 0 Å². The Balaban J connectivity index is 1.65. The predicted octanol–water partition coefficient (Wildman–Crippen LogP) is 4.79. The van der Waals surface area contributed by atoms with Gasteiger partial charge in [-0.25, -0.2) is 9.97 Å². The number of benzene rings is 1. The molecule has 0 unspecified atom stereocenters. The van der Waals surface area contributed by atoms with Crippen LogP contribution in [0, 0.1) is 5.92 Å². The number of hydrogen-bond donors (Lipinski definition) is 0. The third-order valence-electron chi connectivity index (χ3n) is 3.90. The van der Waals surface area contributed by atoms with Crippen molar-refractivity contribution in [2.75, 3.05) is 5.75 Å². The summed E-state index contributed by atoms with van der Waals surface area (Å²) in [6.45, 7) is 0. The van der Waals surface area contributed by atoms with Crippen LogP contribution in [0.5, 0.6) is 0 Å². The Labute approximate surface area is 132 Å². The second kappa shape index (κ2) is 4.75. The Morgan fingerprint density at radius 3 is 2.65 bits per heavy atom. The van der Waals surface area contributed by atoms with Crippen LogP contribution in [0.1, 0.15) is 31.0 Å². The lowest BCUT2D eigenvalue weighted by molar-refractivity contribution is 0.901. The molecule has 1 aromatic carbocycles. The average molecular weight is 325 g/mol. The SMILES string of the molecule is ClC1(Cl)C[C@@H]1CSc1nc(C2CC2)nc2ccccc12. The number of para-hydroxylation sites is 1. The minimum atomic E-state index is -0.505. The van der Waals surface area contributed by atoms with Crippen molar-refractivity contribution >= 4 is 45.9 Å². The molecule has 0 spiro atoms. The first kappa shape index (κ1) is 13.2. The molecule has 2 saturated carbocycles. The summed E-state index contributed by atoms with van der Waals surface area (Å²) in [5.41, 5.74) is 1.05. The van der Waals surface area contributed by atoms with Crippen molar-refractivity contribution in [2.24, 2.45) is 5.92 Å². The summed E-state index contributed by atoms with van der Waals surface area (Å²) in [6, 6.07) is 8.23. The first-order chi connectivity index (χ1) is 9.63. The first-order valence-electron chi connectivity index (χ1n) is 6.91. The van der Waals surface area contributed by atoms with E-state index >= 15 is 0 Å². The van der Waals surface area contributed by atoms with Crippen LogP contribution in [0.4, 0.5) is 0 Å². The van der Waals surface area contributed by atoms with E-state index in [2.05, 4.69) is 12.1 Å². The molecule has 0 amide bonds. The van der Waals surface area contributed by atoms with Gasteiger partial charge in [-0.05, 0) is 25.3 Å². The Morgan fingerprint density at radius 2 is 1.95 bits per heavy atom. The number of fused-ring (bicyclic) bond motifs is 1. The van der Waals surface area contributed by atoms with Crippen molar-refractivity contribution in [3.05, 3.63) is 30.1 Å². The summed E-state index contributed by atoms with van der Waals surface area (Å²) in [7, 11) is 0. The van der Waals surface area contributed by atoms with E-state index in [0.717, 1.165) is 33.9 Å². The van der Waals surface area contributed by atoms with Crippen LogP contribution in [0.2, 0.25) is 0 Å². The largest absolute Gasteiger partial charge is 0.233 e. The Hall–Kier alpha value is -0.510. The Kier molecular flexibility index (Phi) is 3.13. The van der Waals surface area contributed by atoms with Gasteiger partial charge >= 0.3 is 0 Å². The van der Waals surface area contributed by atoms with Crippen LogP contribution >= 0.6 is 35.0 Å². The fourth-order valence-electron chi connectivity index (χ4n) is 2.33. The van der Waals surface area contributed by atoms with Gasteiger partial charge < -0.3 is 0 Å². The molecule has 2 aliphatic rings. The normalized spacial score (nSPS) is 24.0. The molecule has 0 N–H and O–H groups in total. The van der Waals surface area contributed by atoms with E-state index in [0.29, 0.717) is 11.8 Å². The molecule has 0 radical (unpaired) electrons. The lowest BCUT2D eigenvalue weighted by atomic mass is 10.2. The molecule has 0 saturated heterocycles. The monoisotopic (exact) mass is 324 g/mol. The van der Waals surface area contributed by atoms with Crippen LogP contribution in [0.25, 0.3) is 10.9 Å². The summed E-state index contributed by atoms with van der Waals surface area (Å²) < 4.78 is -0.505. The molecule has 20 heavy (non-hydrogen) atoms. The van der Waals surface area contributed by atoms with Crippen molar-refractivity contribution < 1.29 is 0 Å². The van der Waals surface area contributed by atoms with E-state index in [-0.39, 0.29) is 0 Å². The van der Waals surface area contributed by atoms with Gasteiger partial charge in [0.2, 0.25) is 0 Å². The van der Waals surface area contributed by atoms with E-state index in [1.165, 1.54) is 12.8 Å². The van der Waals surface area contributed by atoms with E-state index in [9.17, 15) is 0 Å². The maximum atomic E-state index is 6.10.